The van der Waals surface area contributed by atoms with Crippen molar-refractivity contribution >= 4 is 11.5 Å². The first-order chi connectivity index (χ1) is 13.7. The molecular formula is C22H24N2O4. The Morgan fingerprint density at radius 1 is 1.36 bits per heavy atom. The molecule has 0 atom stereocenters. The molecule has 28 heavy (non-hydrogen) atoms. The molecule has 0 unspecified atom stereocenters. The van der Waals surface area contributed by atoms with Crippen LogP contribution in [0.3, 0.4) is 0 Å². The summed E-state index contributed by atoms with van der Waals surface area (Å²) < 4.78 is 11.4. The van der Waals surface area contributed by atoms with Crippen LogP contribution in [-0.4, -0.2) is 40.9 Å². The Morgan fingerprint density at radius 3 is 2.89 bits per heavy atom. The maximum atomic E-state index is 11.8. The van der Waals surface area contributed by atoms with E-state index in [1.54, 1.807) is 6.20 Å². The van der Waals surface area contributed by atoms with E-state index in [1.807, 2.05) is 25.1 Å². The van der Waals surface area contributed by atoms with Crippen LogP contribution in [-0.2, 0) is 11.2 Å². The van der Waals surface area contributed by atoms with Gasteiger partial charge < -0.3 is 14.6 Å². The molecule has 2 aliphatic rings. The third kappa shape index (κ3) is 3.92. The Morgan fingerprint density at radius 2 is 2.21 bits per heavy atom. The lowest BCUT2D eigenvalue weighted by Crippen LogP contribution is -2.12. The lowest BCUT2D eigenvalue weighted by molar-refractivity contribution is 0.0688. The molecule has 1 aliphatic carbocycles. The van der Waals surface area contributed by atoms with Crippen molar-refractivity contribution in [2.75, 3.05) is 19.8 Å². The summed E-state index contributed by atoms with van der Waals surface area (Å²) in [6.07, 6.45) is 7.12. The Labute approximate surface area is 164 Å². The van der Waals surface area contributed by atoms with Gasteiger partial charge in [-0.2, -0.15) is 0 Å². The summed E-state index contributed by atoms with van der Waals surface area (Å²) in [5.41, 5.74) is 4.46. The van der Waals surface area contributed by atoms with Crippen molar-refractivity contribution < 1.29 is 19.4 Å². The quantitative estimate of drug-likeness (QED) is 0.786. The van der Waals surface area contributed by atoms with Crippen LogP contribution in [0.4, 0.5) is 0 Å². The number of carboxylic acid groups (broad SMARTS) is 1. The van der Waals surface area contributed by atoms with Crippen molar-refractivity contribution in [3.05, 3.63) is 58.7 Å². The van der Waals surface area contributed by atoms with E-state index < -0.39 is 5.97 Å². The number of ether oxygens (including phenoxy) is 2. The normalized spacial score (nSPS) is 16.5. The van der Waals surface area contributed by atoms with Crippen molar-refractivity contribution in [3.8, 4) is 5.75 Å². The predicted molar refractivity (Wildman–Crippen MR) is 105 cm³/mol. The second-order valence-corrected chi connectivity index (χ2v) is 7.13. The first kappa shape index (κ1) is 18.6. The number of hydrogen-bond acceptors (Lipinski definition) is 5. The number of rotatable bonds is 7. The minimum Gasteiger partial charge on any atom is -0.493 e. The number of carbonyl (C=O) groups is 1. The van der Waals surface area contributed by atoms with Gasteiger partial charge in [0.1, 0.15) is 5.75 Å². The number of nitrogens with zero attached hydrogens (tertiary/aromatic N) is 2. The molecule has 0 radical (unpaired) electrons. The van der Waals surface area contributed by atoms with Gasteiger partial charge in [0.15, 0.2) is 5.69 Å². The second-order valence-electron chi connectivity index (χ2n) is 7.13. The van der Waals surface area contributed by atoms with Gasteiger partial charge in [-0.15, -0.1) is 0 Å². The fourth-order valence-corrected chi connectivity index (χ4v) is 3.55. The third-order valence-corrected chi connectivity index (χ3v) is 5.12. The minimum atomic E-state index is -1.04. The van der Waals surface area contributed by atoms with E-state index in [9.17, 15) is 9.90 Å². The maximum Gasteiger partial charge on any atom is 0.356 e. The molecule has 1 saturated carbocycles. The van der Waals surface area contributed by atoms with Crippen LogP contribution in [0.2, 0.25) is 0 Å². The molecule has 1 aromatic heterocycles. The van der Waals surface area contributed by atoms with Crippen LogP contribution in [0.25, 0.3) is 5.57 Å². The average molecular weight is 380 g/mol. The maximum absolute atomic E-state index is 11.8. The molecule has 0 saturated heterocycles. The molecule has 1 N–H and O–H groups in total. The molecular weight excluding hydrogens is 356 g/mol. The zero-order valence-corrected chi connectivity index (χ0v) is 16.0. The van der Waals surface area contributed by atoms with E-state index in [2.05, 4.69) is 16.0 Å². The third-order valence-electron chi connectivity index (χ3n) is 5.12. The molecule has 6 heteroatoms. The van der Waals surface area contributed by atoms with Crippen molar-refractivity contribution in [2.24, 2.45) is 0 Å². The van der Waals surface area contributed by atoms with Gasteiger partial charge in [0.2, 0.25) is 0 Å². The summed E-state index contributed by atoms with van der Waals surface area (Å²) >= 11 is 0. The van der Waals surface area contributed by atoms with Gasteiger partial charge in [-0.05, 0) is 31.8 Å². The fourth-order valence-electron chi connectivity index (χ4n) is 3.55. The van der Waals surface area contributed by atoms with Crippen LogP contribution in [0, 0.1) is 0 Å². The van der Waals surface area contributed by atoms with E-state index >= 15 is 0 Å². The van der Waals surface area contributed by atoms with E-state index in [0.717, 1.165) is 41.8 Å². The molecule has 1 aliphatic heterocycles. The van der Waals surface area contributed by atoms with Gasteiger partial charge in [0.05, 0.1) is 31.2 Å². The molecule has 0 amide bonds. The highest BCUT2D eigenvalue weighted by atomic mass is 16.5. The zero-order chi connectivity index (χ0) is 19.5. The highest BCUT2D eigenvalue weighted by Gasteiger charge is 2.28. The van der Waals surface area contributed by atoms with Crippen molar-refractivity contribution in [1.82, 2.24) is 9.97 Å². The first-order valence-electron chi connectivity index (χ1n) is 9.78. The lowest BCUT2D eigenvalue weighted by atomic mass is 9.96. The number of aromatic carboxylic acids is 1. The Bertz CT molecular complexity index is 919. The van der Waals surface area contributed by atoms with Crippen molar-refractivity contribution in [1.29, 1.82) is 0 Å². The molecule has 1 aromatic carbocycles. The molecule has 6 nitrogen and oxygen atoms in total. The van der Waals surface area contributed by atoms with Crippen LogP contribution < -0.4 is 4.74 Å². The first-order valence-corrected chi connectivity index (χ1v) is 9.78. The molecule has 4 rings (SSSR count). The number of para-hydroxylation sites is 1. The number of benzene rings is 1. The topological polar surface area (TPSA) is 81.5 Å². The zero-order valence-electron chi connectivity index (χ0n) is 16.0. The lowest BCUT2D eigenvalue weighted by Gasteiger charge is -2.20. The van der Waals surface area contributed by atoms with E-state index in [0.29, 0.717) is 37.9 Å². The van der Waals surface area contributed by atoms with Gasteiger partial charge in [-0.25, -0.2) is 9.78 Å². The second kappa shape index (κ2) is 8.10. The number of aromatic nitrogens is 2. The monoisotopic (exact) mass is 380 g/mol. The van der Waals surface area contributed by atoms with Crippen LogP contribution in [0.1, 0.15) is 65.1 Å². The Balaban J connectivity index is 1.71. The van der Waals surface area contributed by atoms with Crippen LogP contribution >= 0.6 is 0 Å². The van der Waals surface area contributed by atoms with Gasteiger partial charge in [0.25, 0.3) is 0 Å². The summed E-state index contributed by atoms with van der Waals surface area (Å²) in [5.74, 6) is 0.122. The standard InChI is InChI=1S/C22H24N2O4/c1-2-28-21-16(4-3-5-17(21)14-8-10-27-11-9-14)12-18-20(22(25)26)24-19(13-23-18)15-6-7-15/h3-5,8,13,15H,2,6-7,9-12H2,1H3,(H,25,26). The summed E-state index contributed by atoms with van der Waals surface area (Å²) in [5, 5.41) is 9.64. The van der Waals surface area contributed by atoms with Crippen LogP contribution in [0.15, 0.2) is 30.5 Å². The van der Waals surface area contributed by atoms with Crippen molar-refractivity contribution in [2.45, 2.75) is 38.5 Å². The molecule has 2 aromatic rings. The smallest absolute Gasteiger partial charge is 0.356 e. The molecule has 2 heterocycles. The average Bonchev–Trinajstić information content (AvgIpc) is 3.55. The fraction of sp³-hybridized carbons (Fsp3) is 0.409. The van der Waals surface area contributed by atoms with Crippen molar-refractivity contribution in [3.63, 3.8) is 0 Å². The minimum absolute atomic E-state index is 0.0440. The van der Waals surface area contributed by atoms with Gasteiger partial charge in [-0.3, -0.25) is 4.98 Å². The number of hydrogen-bond donors (Lipinski definition) is 1. The van der Waals surface area contributed by atoms with E-state index in [1.165, 1.54) is 5.57 Å². The summed E-state index contributed by atoms with van der Waals surface area (Å²) in [6.45, 7) is 3.78. The molecule has 146 valence electrons. The largest absolute Gasteiger partial charge is 0.493 e. The van der Waals surface area contributed by atoms with Gasteiger partial charge >= 0.3 is 5.97 Å². The highest BCUT2D eigenvalue weighted by molar-refractivity contribution is 5.86. The molecule has 1 fully saturated rings. The summed E-state index contributed by atoms with van der Waals surface area (Å²) in [6, 6.07) is 6.00. The van der Waals surface area contributed by atoms with E-state index in [-0.39, 0.29) is 5.69 Å². The molecule has 0 spiro atoms. The van der Waals surface area contributed by atoms with Gasteiger partial charge in [-0.1, -0.05) is 24.3 Å². The Hall–Kier alpha value is -2.73. The number of carboxylic acids is 1. The van der Waals surface area contributed by atoms with Crippen LogP contribution in [0.5, 0.6) is 5.75 Å². The highest BCUT2D eigenvalue weighted by Crippen LogP contribution is 2.39. The Kier molecular flexibility index (Phi) is 5.39. The van der Waals surface area contributed by atoms with Gasteiger partial charge in [0, 0.05) is 29.7 Å². The SMILES string of the molecule is CCOc1c(Cc2ncc(C3CC3)nc2C(=O)O)cccc1C1=CCOCC1. The summed E-state index contributed by atoms with van der Waals surface area (Å²) in [7, 11) is 0. The summed E-state index contributed by atoms with van der Waals surface area (Å²) in [4.78, 5) is 20.6. The van der Waals surface area contributed by atoms with E-state index in [4.69, 9.17) is 9.47 Å². The molecule has 0 bridgehead atoms. The predicted octanol–water partition coefficient (Wildman–Crippen LogP) is 3.85.